The Morgan fingerprint density at radius 3 is 2.63 bits per heavy atom. The molecule has 0 amide bonds. The van der Waals surface area contributed by atoms with Crippen LogP contribution in [0.25, 0.3) is 10.8 Å². The number of hydrogen-bond acceptors (Lipinski definition) is 3. The summed E-state index contributed by atoms with van der Waals surface area (Å²) < 4.78 is 5.94. The van der Waals surface area contributed by atoms with Crippen LogP contribution in [0.1, 0.15) is 11.1 Å². The highest BCUT2D eigenvalue weighted by Crippen LogP contribution is 2.20. The number of thiocarbonyl (C=S) groups is 1. The van der Waals surface area contributed by atoms with Gasteiger partial charge in [-0.25, -0.2) is 0 Å². The molecule has 136 valence electrons. The summed E-state index contributed by atoms with van der Waals surface area (Å²) in [6.45, 7) is 4.75. The number of hydrazone groups is 1. The smallest absolute Gasteiger partial charge is 0.187 e. The Hall–Kier alpha value is -3.18. The zero-order chi connectivity index (χ0) is 18.9. The van der Waals surface area contributed by atoms with E-state index in [4.69, 9.17) is 17.0 Å². The van der Waals surface area contributed by atoms with Crippen LogP contribution in [0.5, 0.6) is 5.75 Å². The predicted octanol–water partition coefficient (Wildman–Crippen LogP) is 4.40. The van der Waals surface area contributed by atoms with Gasteiger partial charge in [-0.1, -0.05) is 48.5 Å². The molecule has 27 heavy (non-hydrogen) atoms. The second-order valence-corrected chi connectivity index (χ2v) is 6.27. The van der Waals surface area contributed by atoms with Crippen LogP contribution in [0.2, 0.25) is 0 Å². The fraction of sp³-hybridized carbons (Fsp3) is 0.0909. The lowest BCUT2D eigenvalue weighted by Gasteiger charge is -2.09. The van der Waals surface area contributed by atoms with Gasteiger partial charge >= 0.3 is 0 Å². The van der Waals surface area contributed by atoms with Gasteiger partial charge in [-0.2, -0.15) is 5.10 Å². The van der Waals surface area contributed by atoms with Gasteiger partial charge in [0.15, 0.2) is 5.11 Å². The first-order valence-corrected chi connectivity index (χ1v) is 9.04. The van der Waals surface area contributed by atoms with Crippen molar-refractivity contribution in [3.05, 3.63) is 90.5 Å². The quantitative estimate of drug-likeness (QED) is 0.278. The molecule has 3 aromatic rings. The summed E-state index contributed by atoms with van der Waals surface area (Å²) >= 11 is 5.07. The molecule has 0 unspecified atom stereocenters. The maximum atomic E-state index is 5.94. The maximum absolute atomic E-state index is 5.94. The van der Waals surface area contributed by atoms with Crippen molar-refractivity contribution in [2.45, 2.75) is 6.61 Å². The van der Waals surface area contributed by atoms with E-state index in [2.05, 4.69) is 52.8 Å². The van der Waals surface area contributed by atoms with Crippen molar-refractivity contribution in [2.75, 3.05) is 6.54 Å². The number of hydrogen-bond donors (Lipinski definition) is 2. The monoisotopic (exact) mass is 375 g/mol. The molecule has 0 aliphatic heterocycles. The standard InChI is InChI=1S/C22H21N3OS/c1-2-14-23-22(27)25-24-15-17-10-12-20(13-11-17)26-16-19-8-5-7-18-6-3-4-9-21(18)19/h2-13,15H,1,14,16H2,(H2,23,25,27)/b24-15-. The second-order valence-electron chi connectivity index (χ2n) is 5.86. The highest BCUT2D eigenvalue weighted by molar-refractivity contribution is 7.80. The van der Waals surface area contributed by atoms with Crippen LogP contribution in [0.4, 0.5) is 0 Å². The second kappa shape index (κ2) is 9.50. The van der Waals surface area contributed by atoms with Gasteiger partial charge in [0.05, 0.1) is 6.21 Å². The molecule has 0 bridgehead atoms. The summed E-state index contributed by atoms with van der Waals surface area (Å²) in [6.07, 6.45) is 3.44. The van der Waals surface area contributed by atoms with Gasteiger partial charge in [0, 0.05) is 6.54 Å². The number of rotatable bonds is 7. The van der Waals surface area contributed by atoms with Crippen LogP contribution in [-0.2, 0) is 6.61 Å². The largest absolute Gasteiger partial charge is 0.489 e. The topological polar surface area (TPSA) is 45.7 Å². The Morgan fingerprint density at radius 1 is 1.04 bits per heavy atom. The van der Waals surface area contributed by atoms with Crippen LogP contribution < -0.4 is 15.5 Å². The van der Waals surface area contributed by atoms with Gasteiger partial charge in [0.2, 0.25) is 0 Å². The average Bonchev–Trinajstić information content (AvgIpc) is 2.71. The van der Waals surface area contributed by atoms with E-state index < -0.39 is 0 Å². The average molecular weight is 375 g/mol. The molecule has 3 aromatic carbocycles. The minimum Gasteiger partial charge on any atom is -0.489 e. The van der Waals surface area contributed by atoms with E-state index in [1.54, 1.807) is 12.3 Å². The molecule has 0 heterocycles. The van der Waals surface area contributed by atoms with E-state index in [1.807, 2.05) is 36.4 Å². The van der Waals surface area contributed by atoms with E-state index in [0.717, 1.165) is 11.3 Å². The summed E-state index contributed by atoms with van der Waals surface area (Å²) in [4.78, 5) is 0. The van der Waals surface area contributed by atoms with Gasteiger partial charge in [0.25, 0.3) is 0 Å². The fourth-order valence-corrected chi connectivity index (χ4v) is 2.74. The molecule has 3 rings (SSSR count). The van der Waals surface area contributed by atoms with Crippen LogP contribution in [0, 0.1) is 0 Å². The minimum absolute atomic E-state index is 0.459. The van der Waals surface area contributed by atoms with Crippen LogP contribution in [0.15, 0.2) is 84.5 Å². The van der Waals surface area contributed by atoms with Gasteiger partial charge in [-0.3, -0.25) is 5.43 Å². The Kier molecular flexibility index (Phi) is 6.55. The Labute approximate surface area is 164 Å². The lowest BCUT2D eigenvalue weighted by atomic mass is 10.1. The number of fused-ring (bicyclic) bond motifs is 1. The zero-order valence-electron chi connectivity index (χ0n) is 14.9. The molecule has 0 aliphatic rings. The van der Waals surface area contributed by atoms with Crippen LogP contribution in [0.3, 0.4) is 0 Å². The lowest BCUT2D eigenvalue weighted by molar-refractivity contribution is 0.307. The van der Waals surface area contributed by atoms with Gasteiger partial charge in [0.1, 0.15) is 12.4 Å². The number of nitrogens with zero attached hydrogens (tertiary/aromatic N) is 1. The van der Waals surface area contributed by atoms with E-state index >= 15 is 0 Å². The van der Waals surface area contributed by atoms with Gasteiger partial charge < -0.3 is 10.1 Å². The van der Waals surface area contributed by atoms with Gasteiger partial charge in [-0.15, -0.1) is 6.58 Å². The fourth-order valence-electron chi connectivity index (χ4n) is 2.60. The van der Waals surface area contributed by atoms with Crippen LogP contribution >= 0.6 is 12.2 Å². The zero-order valence-corrected chi connectivity index (χ0v) is 15.7. The summed E-state index contributed by atoms with van der Waals surface area (Å²) in [7, 11) is 0. The SMILES string of the molecule is C=CCNC(=S)N/N=C\c1ccc(OCc2cccc3ccccc23)cc1. The molecule has 4 nitrogen and oxygen atoms in total. The third kappa shape index (κ3) is 5.39. The summed E-state index contributed by atoms with van der Waals surface area (Å²) in [6, 6.07) is 22.3. The number of nitrogens with one attached hydrogen (secondary N) is 2. The van der Waals surface area contributed by atoms with E-state index in [1.165, 1.54) is 16.3 Å². The molecule has 0 saturated heterocycles. The van der Waals surface area contributed by atoms with Crippen molar-refractivity contribution in [3.8, 4) is 5.75 Å². The molecular formula is C22H21N3OS. The third-order valence-electron chi connectivity index (χ3n) is 3.94. The Balaban J connectivity index is 1.56. The molecular weight excluding hydrogens is 354 g/mol. The first-order chi connectivity index (χ1) is 13.3. The summed E-state index contributed by atoms with van der Waals surface area (Å²) in [5.41, 5.74) is 4.88. The predicted molar refractivity (Wildman–Crippen MR) is 116 cm³/mol. The number of benzene rings is 3. The first-order valence-electron chi connectivity index (χ1n) is 8.63. The van der Waals surface area contributed by atoms with E-state index in [0.29, 0.717) is 18.3 Å². The summed E-state index contributed by atoms with van der Waals surface area (Å²) in [5, 5.41) is 9.94. The van der Waals surface area contributed by atoms with Crippen molar-refractivity contribution in [3.63, 3.8) is 0 Å². The lowest BCUT2D eigenvalue weighted by Crippen LogP contribution is -2.31. The van der Waals surface area contributed by atoms with Crippen molar-refractivity contribution in [2.24, 2.45) is 5.10 Å². The molecule has 5 heteroatoms. The Bertz CT molecular complexity index is 946. The molecule has 0 radical (unpaired) electrons. The van der Waals surface area contributed by atoms with Crippen molar-refractivity contribution >= 4 is 34.3 Å². The van der Waals surface area contributed by atoms with E-state index in [9.17, 15) is 0 Å². The molecule has 0 aromatic heterocycles. The van der Waals surface area contributed by atoms with Crippen molar-refractivity contribution in [1.29, 1.82) is 0 Å². The highest BCUT2D eigenvalue weighted by Gasteiger charge is 2.01. The third-order valence-corrected chi connectivity index (χ3v) is 4.18. The molecule has 0 fully saturated rings. The molecule has 0 atom stereocenters. The molecule has 0 spiro atoms. The maximum Gasteiger partial charge on any atom is 0.187 e. The number of ether oxygens (including phenoxy) is 1. The Morgan fingerprint density at radius 2 is 1.81 bits per heavy atom. The van der Waals surface area contributed by atoms with Crippen molar-refractivity contribution < 1.29 is 4.74 Å². The summed E-state index contributed by atoms with van der Waals surface area (Å²) in [5.74, 6) is 0.816. The van der Waals surface area contributed by atoms with Gasteiger partial charge in [-0.05, 0) is 58.4 Å². The highest BCUT2D eigenvalue weighted by atomic mass is 32.1. The minimum atomic E-state index is 0.459. The van der Waals surface area contributed by atoms with Crippen LogP contribution in [-0.4, -0.2) is 17.9 Å². The normalized spacial score (nSPS) is 10.7. The molecule has 2 N–H and O–H groups in total. The van der Waals surface area contributed by atoms with E-state index in [-0.39, 0.29) is 0 Å². The molecule has 0 aliphatic carbocycles. The molecule has 0 saturated carbocycles. The van der Waals surface area contributed by atoms with Crippen molar-refractivity contribution in [1.82, 2.24) is 10.7 Å². The first kappa shape index (κ1) is 18.6.